The van der Waals surface area contributed by atoms with Crippen molar-refractivity contribution in [2.45, 2.75) is 6.92 Å². The van der Waals surface area contributed by atoms with E-state index in [1.165, 1.54) is 5.19 Å². The summed E-state index contributed by atoms with van der Waals surface area (Å²) in [6.45, 7) is 2.06. The molecule has 0 heterocycles. The van der Waals surface area contributed by atoms with Crippen LogP contribution in [0.2, 0.25) is 0 Å². The fourth-order valence-electron chi connectivity index (χ4n) is 2.52. The van der Waals surface area contributed by atoms with E-state index in [4.69, 9.17) is 17.5 Å². The van der Waals surface area contributed by atoms with Gasteiger partial charge >= 0.3 is 146 Å². The standard InChI is InChI=1S/C16H20O4Si.2ClH.Ti/c1-9-7-11(16(21)12(17)8-9)10-5-6-13(18-2)15(20-4)14(10)19-3;;;/h5-8,17H,1-4,21H3;2*1H;/q;;;+1/p-1. The Hall–Kier alpha value is -0.849. The number of rotatable bonds is 5. The molecule has 0 aliphatic heterocycles. The van der Waals surface area contributed by atoms with E-state index in [-0.39, 0.29) is 24.8 Å². The van der Waals surface area contributed by atoms with Gasteiger partial charge in [-0.05, 0) is 0 Å². The average molecular weight is 424 g/mol. The Balaban J connectivity index is 0.00000264. The fraction of sp³-hybridized carbons (Fsp3) is 0.250. The molecule has 0 aliphatic carbocycles. The van der Waals surface area contributed by atoms with Crippen molar-refractivity contribution in [2.24, 2.45) is 0 Å². The van der Waals surface area contributed by atoms with Gasteiger partial charge in [0.15, 0.2) is 0 Å². The van der Waals surface area contributed by atoms with Gasteiger partial charge in [-0.25, -0.2) is 0 Å². The molecule has 0 atom stereocenters. The Kier molecular flexibility index (Phi) is 9.85. The molecule has 0 aliphatic rings. The summed E-state index contributed by atoms with van der Waals surface area (Å²) in [5, 5.41) is 1.19. The van der Waals surface area contributed by atoms with Crippen LogP contribution < -0.4 is 22.7 Å². The number of hydrogen-bond acceptors (Lipinski definition) is 4. The topological polar surface area (TPSA) is 36.9 Å². The quantitative estimate of drug-likeness (QED) is 0.691. The van der Waals surface area contributed by atoms with Crippen LogP contribution in [-0.4, -0.2) is 31.6 Å². The van der Waals surface area contributed by atoms with Crippen LogP contribution in [-0.2, 0) is 20.8 Å². The van der Waals surface area contributed by atoms with Crippen molar-refractivity contribution in [1.29, 1.82) is 0 Å². The maximum Gasteiger partial charge on any atom is -0.147 e. The van der Waals surface area contributed by atoms with Crippen LogP contribution in [0.1, 0.15) is 5.56 Å². The van der Waals surface area contributed by atoms with Crippen molar-refractivity contribution < 1.29 is 38.4 Å². The molecule has 131 valence electrons. The largest absolute Gasteiger partial charge is 0.147 e. The summed E-state index contributed by atoms with van der Waals surface area (Å²) < 4.78 is 21.9. The smallest absolute Gasteiger partial charge is 0.147 e. The van der Waals surface area contributed by atoms with Crippen molar-refractivity contribution in [3.8, 4) is 34.1 Å². The number of aryl methyl sites for hydroxylation is 1. The van der Waals surface area contributed by atoms with Gasteiger partial charge < -0.3 is 0 Å². The summed E-state index contributed by atoms with van der Waals surface area (Å²) in [6, 6.07) is 8.09. The number of methoxy groups -OCH3 is 3. The third kappa shape index (κ3) is 4.41. The Labute approximate surface area is 170 Å². The first kappa shape index (κ1) is 23.2. The number of hydrogen-bond donors (Lipinski definition) is 0. The molecule has 0 fully saturated rings. The van der Waals surface area contributed by atoms with Crippen LogP contribution in [0.15, 0.2) is 24.3 Å². The van der Waals surface area contributed by atoms with Gasteiger partial charge in [-0.3, -0.25) is 0 Å². The minimum Gasteiger partial charge on any atom is -0.147 e. The molecule has 0 unspecified atom stereocenters. The maximum absolute atomic E-state index is 5.60. The molecule has 0 aromatic heterocycles. The van der Waals surface area contributed by atoms with Crippen molar-refractivity contribution >= 4 is 40.2 Å². The zero-order chi connectivity index (χ0) is 16.3. The molecular weight excluding hydrogens is 403 g/mol. The minimum atomic E-state index is 0. The summed E-state index contributed by atoms with van der Waals surface area (Å²) in [5.74, 6) is 2.84. The molecule has 0 radical (unpaired) electrons. The molecule has 0 bridgehead atoms. The summed E-state index contributed by atoms with van der Waals surface area (Å²) >= 11 is 1.70. The second-order valence-corrected chi connectivity index (χ2v) is 6.24. The van der Waals surface area contributed by atoms with Crippen molar-refractivity contribution in [3.63, 3.8) is 0 Å². The Bertz CT molecular complexity index is 698. The van der Waals surface area contributed by atoms with Crippen LogP contribution >= 0.6 is 24.8 Å². The summed E-state index contributed by atoms with van der Waals surface area (Å²) in [7, 11) is 5.73. The summed E-state index contributed by atoms with van der Waals surface area (Å²) in [4.78, 5) is 0. The predicted octanol–water partition coefficient (Wildman–Crippen LogP) is 2.36. The average Bonchev–Trinajstić information content (AvgIpc) is 2.54. The van der Waals surface area contributed by atoms with E-state index >= 15 is 0 Å². The zero-order valence-electron chi connectivity index (χ0n) is 14.3. The minimum absolute atomic E-state index is 0. The van der Waals surface area contributed by atoms with E-state index in [1.807, 2.05) is 12.1 Å². The summed E-state index contributed by atoms with van der Waals surface area (Å²) in [5.41, 5.74) is 3.23. The maximum atomic E-state index is 5.60. The fourth-order valence-corrected chi connectivity index (χ4v) is 3.83. The third-order valence-electron chi connectivity index (χ3n) is 3.61. The molecule has 2 rings (SSSR count). The van der Waals surface area contributed by atoms with E-state index in [9.17, 15) is 0 Å². The molecule has 8 heteroatoms. The third-order valence-corrected chi connectivity index (χ3v) is 4.98. The van der Waals surface area contributed by atoms with Gasteiger partial charge in [0.2, 0.25) is 0 Å². The van der Waals surface area contributed by atoms with E-state index in [2.05, 4.69) is 19.1 Å². The number of benzene rings is 2. The first-order chi connectivity index (χ1) is 10.6. The van der Waals surface area contributed by atoms with Crippen molar-refractivity contribution in [3.05, 3.63) is 29.8 Å². The monoisotopic (exact) mass is 423 g/mol. The second-order valence-electron chi connectivity index (χ2n) is 4.92. The van der Waals surface area contributed by atoms with Gasteiger partial charge in [-0.15, -0.1) is 24.8 Å². The molecule has 2 aromatic rings. The molecule has 0 saturated heterocycles. The molecule has 0 spiro atoms. The molecule has 0 saturated carbocycles. The van der Waals surface area contributed by atoms with Gasteiger partial charge in [0.25, 0.3) is 0 Å². The zero-order valence-corrected chi connectivity index (χ0v) is 19.5. The molecule has 24 heavy (non-hydrogen) atoms. The van der Waals surface area contributed by atoms with Gasteiger partial charge in [-0.2, -0.15) is 0 Å². The van der Waals surface area contributed by atoms with Crippen LogP contribution in [0.3, 0.4) is 0 Å². The molecule has 2 aromatic carbocycles. The number of halogens is 2. The van der Waals surface area contributed by atoms with E-state index in [0.717, 1.165) is 32.7 Å². The normalized spacial score (nSPS) is 9.46. The molecular formula is C16H21Cl2O4SiTi. The Morgan fingerprint density at radius 2 is 1.46 bits per heavy atom. The van der Waals surface area contributed by atoms with Gasteiger partial charge in [-0.1, -0.05) is 0 Å². The van der Waals surface area contributed by atoms with E-state index in [1.54, 1.807) is 42.2 Å². The van der Waals surface area contributed by atoms with Crippen LogP contribution in [0.25, 0.3) is 11.1 Å². The Morgan fingerprint density at radius 3 is 1.96 bits per heavy atom. The van der Waals surface area contributed by atoms with Crippen LogP contribution in [0.5, 0.6) is 23.0 Å². The van der Waals surface area contributed by atoms with Crippen molar-refractivity contribution in [1.82, 2.24) is 0 Å². The molecule has 0 amide bonds. The SMILES string of the molecule is COc1ccc(-c2cc(C)cc([O][Ti])c2[SiH3])c(OC)c1OC.Cl.Cl. The number of ether oxygens (including phenoxy) is 3. The van der Waals surface area contributed by atoms with E-state index < -0.39 is 0 Å². The second kappa shape index (κ2) is 10.2. The van der Waals surface area contributed by atoms with E-state index in [0.29, 0.717) is 17.2 Å². The first-order valence-corrected chi connectivity index (χ1v) is 8.45. The van der Waals surface area contributed by atoms with Gasteiger partial charge in [0.1, 0.15) is 0 Å². The molecule has 0 N–H and O–H groups in total. The van der Waals surface area contributed by atoms with Crippen molar-refractivity contribution in [2.75, 3.05) is 21.3 Å². The van der Waals surface area contributed by atoms with Gasteiger partial charge in [0.05, 0.1) is 0 Å². The van der Waals surface area contributed by atoms with Crippen LogP contribution in [0.4, 0.5) is 0 Å². The summed E-state index contributed by atoms with van der Waals surface area (Å²) in [6.07, 6.45) is 0. The molecule has 4 nitrogen and oxygen atoms in total. The van der Waals surface area contributed by atoms with Gasteiger partial charge in [0, 0.05) is 0 Å². The van der Waals surface area contributed by atoms with Crippen LogP contribution in [0, 0.1) is 6.92 Å². The Morgan fingerprint density at radius 1 is 0.833 bits per heavy atom. The predicted molar refractivity (Wildman–Crippen MR) is 101 cm³/mol. The first-order valence-electron chi connectivity index (χ1n) is 6.81.